The Kier molecular flexibility index (Phi) is 5.85. The minimum Gasteiger partial charge on any atom is -0.373 e. The maximum atomic E-state index is 12.7. The van der Waals surface area contributed by atoms with Crippen LogP contribution in [0, 0.1) is 0 Å². The van der Waals surface area contributed by atoms with Gasteiger partial charge in [-0.25, -0.2) is 0 Å². The summed E-state index contributed by atoms with van der Waals surface area (Å²) in [5.41, 5.74) is -12.7. The molecule has 3 nitrogen and oxygen atoms in total. The number of hydrogen-bond acceptors (Lipinski definition) is 2. The molecule has 1 rings (SSSR count). The fourth-order valence-corrected chi connectivity index (χ4v) is 2.20. The summed E-state index contributed by atoms with van der Waals surface area (Å²) in [7, 11) is 0.588. The van der Waals surface area contributed by atoms with Gasteiger partial charge in [0.25, 0.3) is 11.2 Å². The molecular weight excluding hydrogens is 430 g/mol. The highest BCUT2D eigenvalue weighted by molar-refractivity contribution is 5.22. The van der Waals surface area contributed by atoms with Crippen molar-refractivity contribution in [3.8, 4) is 0 Å². The van der Waals surface area contributed by atoms with E-state index in [4.69, 9.17) is 10.2 Å². The predicted molar refractivity (Wildman–Crippen MR) is 66.9 cm³/mol. The average Bonchev–Trinajstić information content (AvgIpc) is 2.75. The molecule has 0 radical (unpaired) electrons. The van der Waals surface area contributed by atoms with Crippen molar-refractivity contribution in [2.45, 2.75) is 48.7 Å². The lowest BCUT2D eigenvalue weighted by Crippen LogP contribution is -2.59. The number of nitrogens with zero attached hydrogens (tertiary/aromatic N) is 1. The predicted octanol–water partition coefficient (Wildman–Crippen LogP) is 3.82. The van der Waals surface area contributed by atoms with E-state index in [0.717, 1.165) is 0 Å². The lowest BCUT2D eigenvalue weighted by atomic mass is 9.96. The number of halogens is 12. The molecule has 0 saturated carbocycles. The van der Waals surface area contributed by atoms with E-state index in [9.17, 15) is 52.7 Å². The molecule has 0 aromatic carbocycles. The SMILES string of the molecule is Cn1c(CC(O)(C(F)(F)F)C(F)(F)F)ccc1CC(O)(C(F)(F)F)C(F)(F)F. The average molecular weight is 441 g/mol. The zero-order valence-corrected chi connectivity index (χ0v) is 13.4. The van der Waals surface area contributed by atoms with Crippen molar-refractivity contribution >= 4 is 0 Å². The van der Waals surface area contributed by atoms with Gasteiger partial charge in [0.1, 0.15) is 0 Å². The molecule has 0 saturated heterocycles. The van der Waals surface area contributed by atoms with Crippen LogP contribution >= 0.6 is 0 Å². The lowest BCUT2D eigenvalue weighted by Gasteiger charge is -2.33. The standard InChI is InChI=1S/C13H11F12NO2/c1-26-6(4-8(27,10(14,15)16)11(17,18)19)2-3-7(26)5-9(28,12(20,21)22)13(23,24)25/h2-3,27-28H,4-5H2,1H3. The number of alkyl halides is 12. The Morgan fingerprint density at radius 1 is 0.607 bits per heavy atom. The minimum atomic E-state index is -6.24. The van der Waals surface area contributed by atoms with Gasteiger partial charge in [-0.2, -0.15) is 52.7 Å². The maximum absolute atomic E-state index is 12.7. The van der Waals surface area contributed by atoms with Gasteiger partial charge in [-0.05, 0) is 12.1 Å². The first-order chi connectivity index (χ1) is 12.1. The third-order valence-corrected chi connectivity index (χ3v) is 4.08. The molecule has 28 heavy (non-hydrogen) atoms. The van der Waals surface area contributed by atoms with Crippen LogP contribution in [0.5, 0.6) is 0 Å². The molecular formula is C13H11F12NO2. The van der Waals surface area contributed by atoms with Crippen molar-refractivity contribution < 1.29 is 62.9 Å². The fraction of sp³-hybridized carbons (Fsp3) is 0.692. The summed E-state index contributed by atoms with van der Waals surface area (Å²) in [5.74, 6) is 0. The van der Waals surface area contributed by atoms with Crippen LogP contribution in [0.3, 0.4) is 0 Å². The van der Waals surface area contributed by atoms with Gasteiger partial charge in [-0.1, -0.05) is 0 Å². The Morgan fingerprint density at radius 2 is 0.821 bits per heavy atom. The fourth-order valence-electron chi connectivity index (χ4n) is 2.20. The summed E-state index contributed by atoms with van der Waals surface area (Å²) in [6, 6.07) is 0.760. The number of hydrogen-bond donors (Lipinski definition) is 2. The van der Waals surface area contributed by atoms with Crippen LogP contribution in [0.1, 0.15) is 11.4 Å². The van der Waals surface area contributed by atoms with Crippen molar-refractivity contribution in [1.29, 1.82) is 0 Å². The molecule has 0 aliphatic rings. The molecule has 0 spiro atoms. The molecule has 15 heteroatoms. The van der Waals surface area contributed by atoms with Crippen LogP contribution in [0.25, 0.3) is 0 Å². The van der Waals surface area contributed by atoms with Gasteiger partial charge < -0.3 is 14.8 Å². The molecule has 0 aliphatic carbocycles. The highest BCUT2D eigenvalue weighted by Crippen LogP contribution is 2.47. The zero-order valence-electron chi connectivity index (χ0n) is 13.4. The van der Waals surface area contributed by atoms with Crippen molar-refractivity contribution in [1.82, 2.24) is 4.57 Å². The Morgan fingerprint density at radius 3 is 1.00 bits per heavy atom. The van der Waals surface area contributed by atoms with Crippen LogP contribution in [0.4, 0.5) is 52.7 Å². The Bertz CT molecular complexity index is 609. The molecule has 0 unspecified atom stereocenters. The maximum Gasteiger partial charge on any atom is 0.426 e. The monoisotopic (exact) mass is 441 g/mol. The first-order valence-corrected chi connectivity index (χ1v) is 6.93. The van der Waals surface area contributed by atoms with Gasteiger partial charge >= 0.3 is 24.7 Å². The topological polar surface area (TPSA) is 45.4 Å². The van der Waals surface area contributed by atoms with Crippen molar-refractivity contribution in [3.63, 3.8) is 0 Å². The van der Waals surface area contributed by atoms with Gasteiger partial charge in [-0.3, -0.25) is 0 Å². The summed E-state index contributed by atoms with van der Waals surface area (Å²) in [6.45, 7) is 0. The second-order valence-electron chi connectivity index (χ2n) is 5.94. The summed E-state index contributed by atoms with van der Waals surface area (Å²) >= 11 is 0. The van der Waals surface area contributed by atoms with E-state index < -0.39 is 60.1 Å². The van der Waals surface area contributed by atoms with Crippen LogP contribution < -0.4 is 0 Å². The molecule has 0 bridgehead atoms. The van der Waals surface area contributed by atoms with Crippen LogP contribution in [-0.4, -0.2) is 50.7 Å². The lowest BCUT2D eigenvalue weighted by molar-refractivity contribution is -0.367. The van der Waals surface area contributed by atoms with E-state index >= 15 is 0 Å². The quantitative estimate of drug-likeness (QED) is 0.699. The second kappa shape index (κ2) is 6.71. The number of rotatable bonds is 4. The normalized spacial score (nSPS) is 15.2. The smallest absolute Gasteiger partial charge is 0.373 e. The molecule has 1 aromatic heterocycles. The highest BCUT2D eigenvalue weighted by atomic mass is 19.4. The molecule has 1 aromatic rings. The molecule has 0 atom stereocenters. The molecule has 1 heterocycles. The van der Waals surface area contributed by atoms with Crippen molar-refractivity contribution in [2.24, 2.45) is 7.05 Å². The molecule has 0 amide bonds. The van der Waals surface area contributed by atoms with E-state index in [1.54, 1.807) is 0 Å². The number of aromatic nitrogens is 1. The van der Waals surface area contributed by atoms with Gasteiger partial charge in [0.05, 0.1) is 0 Å². The van der Waals surface area contributed by atoms with E-state index in [2.05, 4.69) is 0 Å². The summed E-state index contributed by atoms with van der Waals surface area (Å²) in [6.07, 6.45) is -29.4. The van der Waals surface area contributed by atoms with E-state index in [0.29, 0.717) is 19.2 Å². The zero-order chi connectivity index (χ0) is 22.6. The molecule has 164 valence electrons. The Labute approximate surface area is 148 Å². The Hall–Kier alpha value is -1.64. The molecule has 0 aliphatic heterocycles. The summed E-state index contributed by atoms with van der Waals surface area (Å²) in [5, 5.41) is 18.2. The third kappa shape index (κ3) is 4.04. The van der Waals surface area contributed by atoms with E-state index in [1.165, 1.54) is 0 Å². The summed E-state index contributed by atoms with van der Waals surface area (Å²) < 4.78 is 152. The van der Waals surface area contributed by atoms with Crippen LogP contribution in [0.2, 0.25) is 0 Å². The highest BCUT2D eigenvalue weighted by Gasteiger charge is 2.71. The Balaban J connectivity index is 3.37. The minimum absolute atomic E-state index is 0.172. The van der Waals surface area contributed by atoms with Crippen molar-refractivity contribution in [2.75, 3.05) is 0 Å². The first kappa shape index (κ1) is 24.4. The number of aliphatic hydroxyl groups is 2. The second-order valence-corrected chi connectivity index (χ2v) is 5.94. The van der Waals surface area contributed by atoms with E-state index in [-0.39, 0.29) is 4.57 Å². The van der Waals surface area contributed by atoms with Crippen molar-refractivity contribution in [3.05, 3.63) is 23.5 Å². The van der Waals surface area contributed by atoms with Gasteiger partial charge in [-0.15, -0.1) is 0 Å². The van der Waals surface area contributed by atoms with Gasteiger partial charge in [0, 0.05) is 31.3 Å². The first-order valence-electron chi connectivity index (χ1n) is 6.93. The van der Waals surface area contributed by atoms with E-state index in [1.807, 2.05) is 0 Å². The third-order valence-electron chi connectivity index (χ3n) is 4.08. The van der Waals surface area contributed by atoms with Crippen LogP contribution in [-0.2, 0) is 19.9 Å². The largest absolute Gasteiger partial charge is 0.426 e. The van der Waals surface area contributed by atoms with Gasteiger partial charge in [0.2, 0.25) is 0 Å². The van der Waals surface area contributed by atoms with Crippen LogP contribution in [0.15, 0.2) is 12.1 Å². The van der Waals surface area contributed by atoms with Gasteiger partial charge in [0.15, 0.2) is 0 Å². The molecule has 0 fully saturated rings. The summed E-state index contributed by atoms with van der Waals surface area (Å²) in [4.78, 5) is 0. The molecule has 2 N–H and O–H groups in total.